The van der Waals surface area contributed by atoms with Gasteiger partial charge in [-0.2, -0.15) is 0 Å². The van der Waals surface area contributed by atoms with Gasteiger partial charge in [-0.05, 0) is 0 Å². The van der Waals surface area contributed by atoms with Crippen LogP contribution in [0, 0.1) is 0 Å². The van der Waals surface area contributed by atoms with E-state index in [1.165, 1.54) is 0 Å². The second-order valence-corrected chi connectivity index (χ2v) is 9.96. The van der Waals surface area contributed by atoms with E-state index in [4.69, 9.17) is 9.47 Å². The molecule has 178 valence electrons. The van der Waals surface area contributed by atoms with Crippen LogP contribution in [0.5, 0.6) is 5.75 Å². The summed E-state index contributed by atoms with van der Waals surface area (Å²) in [6.45, 7) is -1.20. The third kappa shape index (κ3) is 12.9. The van der Waals surface area contributed by atoms with Crippen molar-refractivity contribution < 1.29 is 184 Å². The van der Waals surface area contributed by atoms with Crippen LogP contribution < -0.4 is 154 Å². The Bertz CT molecular complexity index is 1080. The number of hydrogen-bond acceptors (Lipinski definition) is 16. The number of rotatable bonds is 9. The number of phosphoric acid groups is 3. The van der Waals surface area contributed by atoms with Gasteiger partial charge in [-0.3, -0.25) is 27.8 Å². The number of phosphoric ester groups is 1. The van der Waals surface area contributed by atoms with E-state index in [0.717, 1.165) is 13.3 Å². The molecule has 0 saturated carbocycles. The smallest absolute Gasteiger partial charge is 0.790 e. The van der Waals surface area contributed by atoms with E-state index in [1.54, 1.807) is 0 Å². The topological polar surface area (TPSA) is 285 Å². The van der Waals surface area contributed by atoms with Gasteiger partial charge in [0.05, 0.1) is 27.7 Å². The van der Waals surface area contributed by atoms with E-state index in [1.807, 2.05) is 4.98 Å². The standard InChI is InChI=1S/C10H17N2O16P3.4Na/c1-24-4-2-12(10(16)11-8(4)15)9-7(14)6(13)5(26-9)3-25-30(20,21)28-31(22,23)27-29(17,18)19;;;;/h2,5-7,9,13-14H,3H2,1H3,(H,20,21)(H,22,23)(H,11,15,16)(H2,17,18,19);;;;/q;4*+1/p-4/t5-,6-,7-,9-;;;;/m1..../s1. The van der Waals surface area contributed by atoms with Gasteiger partial charge in [0.2, 0.25) is 5.75 Å². The number of nitrogens with zero attached hydrogens (tertiary/aromatic N) is 1. The number of aromatic amines is 1. The van der Waals surface area contributed by atoms with Crippen molar-refractivity contribution in [3.8, 4) is 5.75 Å². The molecule has 25 heteroatoms. The van der Waals surface area contributed by atoms with Gasteiger partial charge in [-0.25, -0.2) is 9.11 Å². The summed E-state index contributed by atoms with van der Waals surface area (Å²) in [5, 5.41) is 20.0. The van der Waals surface area contributed by atoms with Gasteiger partial charge >= 0.3 is 124 Å². The monoisotopic (exact) mass is 602 g/mol. The fraction of sp³-hybridized carbons (Fsp3) is 0.600. The first-order valence-corrected chi connectivity index (χ1v) is 12.1. The molecule has 0 bridgehead atoms. The molecule has 0 spiro atoms. The van der Waals surface area contributed by atoms with E-state index in [9.17, 15) is 53.1 Å². The summed E-state index contributed by atoms with van der Waals surface area (Å²) in [7, 11) is -17.1. The molecule has 35 heavy (non-hydrogen) atoms. The first-order chi connectivity index (χ1) is 14.1. The minimum Gasteiger partial charge on any atom is -0.790 e. The molecule has 1 aromatic rings. The summed E-state index contributed by atoms with van der Waals surface area (Å²) >= 11 is 0. The number of aliphatic hydroxyl groups excluding tert-OH is 2. The van der Waals surface area contributed by atoms with Gasteiger partial charge in [0.25, 0.3) is 21.2 Å². The molecule has 2 heterocycles. The van der Waals surface area contributed by atoms with Crippen LogP contribution in [0.25, 0.3) is 0 Å². The molecule has 1 aromatic heterocycles. The van der Waals surface area contributed by atoms with Crippen molar-refractivity contribution >= 4 is 23.5 Å². The molecule has 2 rings (SSSR count). The van der Waals surface area contributed by atoms with Gasteiger partial charge in [0, 0.05) is 0 Å². The van der Waals surface area contributed by atoms with E-state index >= 15 is 0 Å². The quantitative estimate of drug-likeness (QED) is 0.175. The third-order valence-electron chi connectivity index (χ3n) is 3.56. The Morgan fingerprint density at radius 1 is 1.00 bits per heavy atom. The number of aliphatic hydroxyl groups is 2. The third-order valence-corrected chi connectivity index (χ3v) is 7.23. The van der Waals surface area contributed by atoms with Crippen LogP contribution in [0.15, 0.2) is 15.8 Å². The zero-order valence-electron chi connectivity index (χ0n) is 19.0. The second-order valence-electron chi connectivity index (χ2n) is 5.71. The van der Waals surface area contributed by atoms with Crippen molar-refractivity contribution in [3.63, 3.8) is 0 Å². The summed E-state index contributed by atoms with van der Waals surface area (Å²) in [6.07, 6.45) is -6.30. The molecule has 3 N–H and O–H groups in total. The molecule has 0 radical (unpaired) electrons. The van der Waals surface area contributed by atoms with Crippen molar-refractivity contribution in [3.05, 3.63) is 27.0 Å². The zero-order chi connectivity index (χ0) is 23.8. The average molecular weight is 602 g/mol. The molecule has 1 aliphatic heterocycles. The fourth-order valence-electron chi connectivity index (χ4n) is 2.35. The number of aromatic nitrogens is 2. The number of ether oxygens (including phenoxy) is 2. The molecule has 2 unspecified atom stereocenters. The Morgan fingerprint density at radius 2 is 1.54 bits per heavy atom. The van der Waals surface area contributed by atoms with Gasteiger partial charge in [-0.15, -0.1) is 0 Å². The van der Waals surface area contributed by atoms with Crippen molar-refractivity contribution in [2.75, 3.05) is 13.7 Å². The van der Waals surface area contributed by atoms with Crippen LogP contribution in [-0.4, -0.2) is 51.8 Å². The van der Waals surface area contributed by atoms with Crippen LogP contribution in [0.2, 0.25) is 0 Å². The molecule has 18 nitrogen and oxygen atoms in total. The number of nitrogens with one attached hydrogen (secondary N) is 1. The Labute approximate surface area is 284 Å². The molecule has 1 fully saturated rings. The van der Waals surface area contributed by atoms with Gasteiger partial charge in [-0.1, -0.05) is 0 Å². The van der Waals surface area contributed by atoms with Gasteiger partial charge in [0.1, 0.15) is 18.3 Å². The Hall–Kier alpha value is 2.77. The fourth-order valence-corrected chi connectivity index (χ4v) is 5.21. The second kappa shape index (κ2) is 16.9. The van der Waals surface area contributed by atoms with Crippen molar-refractivity contribution in [1.29, 1.82) is 0 Å². The summed E-state index contributed by atoms with van der Waals surface area (Å²) in [5.74, 6) is -0.373. The predicted octanol–water partition coefficient (Wildman–Crippen LogP) is -17.0. The maximum Gasteiger partial charge on any atom is 1.00 e. The van der Waals surface area contributed by atoms with Crippen molar-refractivity contribution in [1.82, 2.24) is 9.55 Å². The molecular weight excluding hydrogens is 589 g/mol. The summed E-state index contributed by atoms with van der Waals surface area (Å²) in [6, 6.07) is 0. The molecule has 0 aliphatic carbocycles. The van der Waals surface area contributed by atoms with E-state index in [2.05, 4.69) is 13.1 Å². The van der Waals surface area contributed by atoms with Crippen LogP contribution in [0.1, 0.15) is 6.23 Å². The number of hydrogen-bond donors (Lipinski definition) is 3. The Morgan fingerprint density at radius 3 is 2.03 bits per heavy atom. The Kier molecular flexibility index (Phi) is 20.4. The maximum atomic E-state index is 11.9. The molecule has 0 amide bonds. The average Bonchev–Trinajstić information content (AvgIpc) is 2.85. The SMILES string of the molecule is COc1cn([C@@H]2O[C@H](COP(=O)([O-])OP(=O)([O-])OP(=O)([O-])[O-])[C@@H](O)[C@H]2O)c(=O)[nH]c1=O.[Na+].[Na+].[Na+].[Na+]. The first-order valence-electron chi connectivity index (χ1n) is 7.67. The zero-order valence-corrected chi connectivity index (χ0v) is 29.7. The first kappa shape index (κ1) is 42.2. The summed E-state index contributed by atoms with van der Waals surface area (Å²) in [5.41, 5.74) is -2.00. The van der Waals surface area contributed by atoms with Crippen LogP contribution >= 0.6 is 23.5 Å². The molecule has 1 aliphatic rings. The van der Waals surface area contributed by atoms with Crippen molar-refractivity contribution in [2.45, 2.75) is 24.5 Å². The Balaban J connectivity index is -0.00000256. The molecular formula is C10H13N2Na4O16P3. The molecule has 1 saturated heterocycles. The number of H-pyrrole nitrogens is 1. The summed E-state index contributed by atoms with van der Waals surface area (Å²) < 4.78 is 53.8. The van der Waals surface area contributed by atoms with E-state index in [0.29, 0.717) is 4.57 Å². The maximum absolute atomic E-state index is 11.9. The van der Waals surface area contributed by atoms with Crippen LogP contribution in [-0.2, 0) is 31.6 Å². The van der Waals surface area contributed by atoms with Gasteiger partial charge in [0.15, 0.2) is 6.23 Å². The predicted molar refractivity (Wildman–Crippen MR) is 84.7 cm³/mol. The van der Waals surface area contributed by atoms with Crippen LogP contribution in [0.3, 0.4) is 0 Å². The molecule has 6 atom stereocenters. The molecule has 0 aromatic carbocycles. The minimum atomic E-state index is -6.19. The number of methoxy groups -OCH3 is 1. The van der Waals surface area contributed by atoms with E-state index in [-0.39, 0.29) is 124 Å². The minimum absolute atomic E-state index is 0. The van der Waals surface area contributed by atoms with Crippen molar-refractivity contribution in [2.24, 2.45) is 0 Å². The van der Waals surface area contributed by atoms with Crippen LogP contribution in [0.4, 0.5) is 0 Å². The summed E-state index contributed by atoms with van der Waals surface area (Å²) in [4.78, 5) is 68.4. The largest absolute Gasteiger partial charge is 1.00 e. The van der Waals surface area contributed by atoms with E-state index < -0.39 is 65.9 Å². The van der Waals surface area contributed by atoms with Gasteiger partial charge < -0.3 is 48.3 Å². The normalized spacial score (nSPS) is 24.9.